The SMILES string of the molecule is Cc1c(NC[C@H]2CC[C@H](NS(=O)(=O)C(C)C)CC2)ccc2c1CCC2. The lowest BCUT2D eigenvalue weighted by Crippen LogP contribution is -2.41. The molecule has 0 atom stereocenters. The fourth-order valence-corrected chi connectivity index (χ4v) is 5.12. The number of benzene rings is 1. The zero-order valence-corrected chi connectivity index (χ0v) is 16.6. The topological polar surface area (TPSA) is 58.2 Å². The van der Waals surface area contributed by atoms with Gasteiger partial charge in [0.1, 0.15) is 0 Å². The standard InChI is InChI=1S/C20H32N2O2S/c1-14(2)25(23,24)22-18-10-7-16(8-11-18)13-21-20-12-9-17-5-4-6-19(17)15(20)3/h9,12,14,16,18,21-22H,4-8,10-11,13H2,1-3H3/t16-,18-. The third-order valence-corrected chi connectivity index (χ3v) is 7.85. The Balaban J connectivity index is 1.49. The molecule has 0 saturated heterocycles. The van der Waals surface area contributed by atoms with Crippen molar-refractivity contribution >= 4 is 15.7 Å². The number of aryl methyl sites for hydroxylation is 1. The van der Waals surface area contributed by atoms with Gasteiger partial charge in [-0.15, -0.1) is 0 Å². The summed E-state index contributed by atoms with van der Waals surface area (Å²) in [6, 6.07) is 4.64. The Labute approximate surface area is 152 Å². The van der Waals surface area contributed by atoms with Crippen LogP contribution in [-0.2, 0) is 22.9 Å². The van der Waals surface area contributed by atoms with Crippen molar-refractivity contribution in [1.82, 2.24) is 4.72 Å². The largest absolute Gasteiger partial charge is 0.385 e. The Morgan fingerprint density at radius 3 is 2.52 bits per heavy atom. The van der Waals surface area contributed by atoms with E-state index >= 15 is 0 Å². The van der Waals surface area contributed by atoms with Crippen LogP contribution in [0, 0.1) is 12.8 Å². The molecule has 0 aliphatic heterocycles. The summed E-state index contributed by atoms with van der Waals surface area (Å²) in [6.07, 6.45) is 7.80. The molecule has 2 N–H and O–H groups in total. The summed E-state index contributed by atoms with van der Waals surface area (Å²) in [5, 5.41) is 3.30. The maximum atomic E-state index is 12.0. The first-order valence-corrected chi connectivity index (χ1v) is 11.3. The van der Waals surface area contributed by atoms with Crippen LogP contribution in [-0.4, -0.2) is 26.3 Å². The fourth-order valence-electron chi connectivity index (χ4n) is 4.15. The molecule has 0 aromatic heterocycles. The minimum absolute atomic E-state index is 0.116. The van der Waals surface area contributed by atoms with Crippen LogP contribution in [0.15, 0.2) is 12.1 Å². The van der Waals surface area contributed by atoms with Gasteiger partial charge in [0.05, 0.1) is 5.25 Å². The van der Waals surface area contributed by atoms with Gasteiger partial charge < -0.3 is 5.32 Å². The molecule has 25 heavy (non-hydrogen) atoms. The van der Waals surface area contributed by atoms with Crippen LogP contribution in [0.2, 0.25) is 0 Å². The van der Waals surface area contributed by atoms with Gasteiger partial charge in [-0.05, 0) is 94.4 Å². The molecule has 0 amide bonds. The Bertz CT molecular complexity index is 705. The number of fused-ring (bicyclic) bond motifs is 1. The average molecular weight is 365 g/mol. The lowest BCUT2D eigenvalue weighted by Gasteiger charge is -2.30. The third kappa shape index (κ3) is 4.37. The molecular formula is C20H32N2O2S. The summed E-state index contributed by atoms with van der Waals surface area (Å²) in [4.78, 5) is 0. The molecular weight excluding hydrogens is 332 g/mol. The highest BCUT2D eigenvalue weighted by molar-refractivity contribution is 7.90. The van der Waals surface area contributed by atoms with Crippen LogP contribution < -0.4 is 10.0 Å². The molecule has 0 unspecified atom stereocenters. The molecule has 0 spiro atoms. The van der Waals surface area contributed by atoms with E-state index in [9.17, 15) is 8.42 Å². The van der Waals surface area contributed by atoms with Crippen molar-refractivity contribution in [2.45, 2.75) is 77.0 Å². The molecule has 140 valence electrons. The summed E-state index contributed by atoms with van der Waals surface area (Å²) in [7, 11) is -3.15. The number of anilines is 1. The zero-order chi connectivity index (χ0) is 18.0. The predicted octanol–water partition coefficient (Wildman–Crippen LogP) is 3.78. The van der Waals surface area contributed by atoms with Gasteiger partial charge in [0, 0.05) is 18.3 Å². The number of hydrogen-bond acceptors (Lipinski definition) is 3. The van der Waals surface area contributed by atoms with Gasteiger partial charge in [-0.3, -0.25) is 0 Å². The molecule has 1 aromatic carbocycles. The molecule has 1 saturated carbocycles. The third-order valence-electron chi connectivity index (χ3n) is 5.95. The van der Waals surface area contributed by atoms with E-state index < -0.39 is 10.0 Å². The van der Waals surface area contributed by atoms with Gasteiger partial charge in [0.15, 0.2) is 0 Å². The van der Waals surface area contributed by atoms with Crippen LogP contribution in [0.3, 0.4) is 0 Å². The molecule has 3 rings (SSSR count). The van der Waals surface area contributed by atoms with Crippen molar-refractivity contribution in [1.29, 1.82) is 0 Å². The normalized spacial score (nSPS) is 23.7. The summed E-state index contributed by atoms with van der Waals surface area (Å²) >= 11 is 0. The van der Waals surface area contributed by atoms with Gasteiger partial charge in [-0.1, -0.05) is 6.07 Å². The first-order valence-electron chi connectivity index (χ1n) is 9.73. The zero-order valence-electron chi connectivity index (χ0n) is 15.8. The molecule has 0 heterocycles. The molecule has 2 aliphatic rings. The second-order valence-corrected chi connectivity index (χ2v) is 10.3. The first-order chi connectivity index (χ1) is 11.9. The first kappa shape index (κ1) is 18.7. The molecule has 4 nitrogen and oxygen atoms in total. The van der Waals surface area contributed by atoms with Crippen molar-refractivity contribution in [3.05, 3.63) is 28.8 Å². The van der Waals surface area contributed by atoms with Gasteiger partial charge in [0.25, 0.3) is 0 Å². The predicted molar refractivity (Wildman–Crippen MR) is 105 cm³/mol. The second-order valence-electron chi connectivity index (χ2n) is 8.04. The molecule has 1 fully saturated rings. The minimum Gasteiger partial charge on any atom is -0.385 e. The van der Waals surface area contributed by atoms with Crippen LogP contribution in [0.4, 0.5) is 5.69 Å². The summed E-state index contributed by atoms with van der Waals surface area (Å²) in [5.74, 6) is 0.632. The Morgan fingerprint density at radius 2 is 1.84 bits per heavy atom. The lowest BCUT2D eigenvalue weighted by atomic mass is 9.86. The van der Waals surface area contributed by atoms with Gasteiger partial charge in [0.2, 0.25) is 10.0 Å². The van der Waals surface area contributed by atoms with E-state index in [-0.39, 0.29) is 11.3 Å². The quantitative estimate of drug-likeness (QED) is 0.807. The summed E-state index contributed by atoms with van der Waals surface area (Å²) in [5.41, 5.74) is 5.79. The van der Waals surface area contributed by atoms with Gasteiger partial charge in [-0.2, -0.15) is 0 Å². The smallest absolute Gasteiger partial charge is 0.214 e. The molecule has 5 heteroatoms. The van der Waals surface area contributed by atoms with Crippen molar-refractivity contribution in [2.24, 2.45) is 5.92 Å². The van der Waals surface area contributed by atoms with Crippen LogP contribution >= 0.6 is 0 Å². The van der Waals surface area contributed by atoms with Crippen molar-refractivity contribution < 1.29 is 8.42 Å². The fraction of sp³-hybridized carbons (Fsp3) is 0.700. The van der Waals surface area contributed by atoms with E-state index in [1.54, 1.807) is 19.4 Å². The van der Waals surface area contributed by atoms with Gasteiger partial charge >= 0.3 is 0 Å². The lowest BCUT2D eigenvalue weighted by molar-refractivity contribution is 0.323. The monoisotopic (exact) mass is 364 g/mol. The molecule has 0 radical (unpaired) electrons. The number of nitrogens with one attached hydrogen (secondary N) is 2. The molecule has 0 bridgehead atoms. The van der Waals surface area contributed by atoms with E-state index in [0.717, 1.165) is 32.2 Å². The van der Waals surface area contributed by atoms with E-state index in [4.69, 9.17) is 0 Å². The highest BCUT2D eigenvalue weighted by atomic mass is 32.2. The summed E-state index contributed by atoms with van der Waals surface area (Å²) < 4.78 is 26.9. The van der Waals surface area contributed by atoms with E-state index in [1.807, 2.05) is 0 Å². The maximum Gasteiger partial charge on any atom is 0.214 e. The number of rotatable bonds is 6. The summed E-state index contributed by atoms with van der Waals surface area (Å²) in [6.45, 7) is 6.70. The highest BCUT2D eigenvalue weighted by Crippen LogP contribution is 2.31. The number of sulfonamides is 1. The van der Waals surface area contributed by atoms with Crippen molar-refractivity contribution in [3.8, 4) is 0 Å². The number of hydrogen-bond donors (Lipinski definition) is 2. The second kappa shape index (κ2) is 7.67. The van der Waals surface area contributed by atoms with E-state index in [0.29, 0.717) is 5.92 Å². The van der Waals surface area contributed by atoms with E-state index in [1.165, 1.54) is 36.1 Å². The Kier molecular flexibility index (Phi) is 5.74. The molecule has 2 aliphatic carbocycles. The van der Waals surface area contributed by atoms with Crippen molar-refractivity contribution in [2.75, 3.05) is 11.9 Å². The van der Waals surface area contributed by atoms with Crippen LogP contribution in [0.1, 0.15) is 62.6 Å². The highest BCUT2D eigenvalue weighted by Gasteiger charge is 2.26. The Morgan fingerprint density at radius 1 is 1.12 bits per heavy atom. The van der Waals surface area contributed by atoms with Crippen LogP contribution in [0.5, 0.6) is 0 Å². The molecule has 1 aromatic rings. The van der Waals surface area contributed by atoms with Gasteiger partial charge in [-0.25, -0.2) is 13.1 Å². The maximum absolute atomic E-state index is 12.0. The van der Waals surface area contributed by atoms with Crippen molar-refractivity contribution in [3.63, 3.8) is 0 Å². The van der Waals surface area contributed by atoms with Crippen LogP contribution in [0.25, 0.3) is 0 Å². The Hall–Kier alpha value is -1.07. The minimum atomic E-state index is -3.15. The average Bonchev–Trinajstić information content (AvgIpc) is 3.05. The van der Waals surface area contributed by atoms with E-state index in [2.05, 4.69) is 29.1 Å².